The predicted molar refractivity (Wildman–Crippen MR) is 110 cm³/mol. The highest BCUT2D eigenvalue weighted by Crippen LogP contribution is 2.12. The third kappa shape index (κ3) is 7.00. The van der Waals surface area contributed by atoms with E-state index in [0.29, 0.717) is 51.6 Å². The van der Waals surface area contributed by atoms with Gasteiger partial charge in [-0.3, -0.25) is 4.99 Å². The lowest BCUT2D eigenvalue weighted by Gasteiger charge is -2.35. The lowest BCUT2D eigenvalue weighted by molar-refractivity contribution is 0.155. The van der Waals surface area contributed by atoms with Gasteiger partial charge in [0.05, 0.1) is 18.8 Å². The van der Waals surface area contributed by atoms with Crippen LogP contribution in [-0.2, 0) is 20.5 Å². The van der Waals surface area contributed by atoms with Gasteiger partial charge in [0.25, 0.3) is 0 Å². The lowest BCUT2D eigenvalue weighted by atomic mass is 10.4. The molecule has 2 rings (SSSR count). The molecule has 11 heteroatoms. The predicted octanol–water partition coefficient (Wildman–Crippen LogP) is 0.742. The second-order valence-corrected chi connectivity index (χ2v) is 7.53. The summed E-state index contributed by atoms with van der Waals surface area (Å²) < 4.78 is 36.4. The van der Waals surface area contributed by atoms with Crippen LogP contribution in [0.5, 0.6) is 0 Å². The number of rotatable bonds is 8. The zero-order valence-electron chi connectivity index (χ0n) is 15.3. The highest BCUT2D eigenvalue weighted by molar-refractivity contribution is 14.0. The van der Waals surface area contributed by atoms with Crippen LogP contribution in [0.3, 0.4) is 0 Å². The van der Waals surface area contributed by atoms with E-state index in [4.69, 9.17) is 9.26 Å². The van der Waals surface area contributed by atoms with E-state index in [1.807, 2.05) is 13.8 Å². The normalized spacial score (nSPS) is 16.4. The maximum absolute atomic E-state index is 12.5. The van der Waals surface area contributed by atoms with Gasteiger partial charge in [0, 0.05) is 45.4 Å². The molecule has 1 aromatic heterocycles. The minimum atomic E-state index is -3.39. The topological polar surface area (TPSA) is 100 Å². The number of nitrogens with one attached hydrogen (secondary N) is 1. The number of ether oxygens (including phenoxy) is 1. The molecule has 0 saturated carbocycles. The molecule has 0 spiro atoms. The van der Waals surface area contributed by atoms with Crippen molar-refractivity contribution in [3.8, 4) is 0 Å². The molecule has 0 amide bonds. The summed E-state index contributed by atoms with van der Waals surface area (Å²) >= 11 is 0. The van der Waals surface area contributed by atoms with E-state index in [1.165, 1.54) is 10.6 Å². The number of aromatic nitrogens is 1. The summed E-state index contributed by atoms with van der Waals surface area (Å²) in [6, 6.07) is 1.57. The first-order chi connectivity index (χ1) is 12.1. The first-order valence-electron chi connectivity index (χ1n) is 8.55. The summed E-state index contributed by atoms with van der Waals surface area (Å²) in [6.07, 6.45) is 1.38. The Kier molecular flexibility index (Phi) is 10.4. The van der Waals surface area contributed by atoms with Gasteiger partial charge in [-0.15, -0.1) is 24.0 Å². The maximum Gasteiger partial charge on any atom is 0.220 e. The first kappa shape index (κ1) is 23.1. The van der Waals surface area contributed by atoms with Crippen molar-refractivity contribution in [2.75, 3.05) is 52.5 Å². The Hall–Kier alpha value is -0.920. The number of hydrogen-bond acceptors (Lipinski definition) is 6. The van der Waals surface area contributed by atoms with Gasteiger partial charge in [-0.2, -0.15) is 4.31 Å². The molecule has 0 aliphatic carbocycles. The summed E-state index contributed by atoms with van der Waals surface area (Å²) in [5.74, 6) is 0.669. The molecule has 26 heavy (non-hydrogen) atoms. The van der Waals surface area contributed by atoms with Crippen LogP contribution in [0.25, 0.3) is 0 Å². The molecule has 1 aliphatic heterocycles. The van der Waals surface area contributed by atoms with Crippen molar-refractivity contribution in [3.63, 3.8) is 0 Å². The third-order valence-corrected chi connectivity index (χ3v) is 5.60. The smallest absolute Gasteiger partial charge is 0.220 e. The van der Waals surface area contributed by atoms with Crippen LogP contribution in [-0.4, -0.2) is 81.2 Å². The van der Waals surface area contributed by atoms with Crippen molar-refractivity contribution >= 4 is 40.0 Å². The van der Waals surface area contributed by atoms with E-state index in [1.54, 1.807) is 6.07 Å². The molecule has 1 N–H and O–H groups in total. The molecule has 0 bridgehead atoms. The quantitative estimate of drug-likeness (QED) is 0.243. The number of halogens is 1. The monoisotopic (exact) mass is 501 g/mol. The number of piperazine rings is 1. The average Bonchev–Trinajstić information content (AvgIpc) is 3.10. The molecule has 1 aliphatic rings. The highest BCUT2D eigenvalue weighted by atomic mass is 127. The fraction of sp³-hybridized carbons (Fsp3) is 0.733. The van der Waals surface area contributed by atoms with Gasteiger partial charge in [-0.1, -0.05) is 5.16 Å². The Morgan fingerprint density at radius 1 is 1.35 bits per heavy atom. The first-order valence-corrected chi connectivity index (χ1v) is 10.2. The van der Waals surface area contributed by atoms with Gasteiger partial charge >= 0.3 is 0 Å². The molecule has 2 heterocycles. The van der Waals surface area contributed by atoms with Crippen LogP contribution in [0.15, 0.2) is 21.8 Å². The molecule has 1 saturated heterocycles. The van der Waals surface area contributed by atoms with Gasteiger partial charge in [0.1, 0.15) is 12.0 Å². The largest absolute Gasteiger partial charge is 0.380 e. The van der Waals surface area contributed by atoms with E-state index in [-0.39, 0.29) is 29.7 Å². The fourth-order valence-electron chi connectivity index (χ4n) is 2.55. The summed E-state index contributed by atoms with van der Waals surface area (Å²) in [5, 5.41) is 6.93. The average molecular weight is 501 g/mol. The van der Waals surface area contributed by atoms with E-state index < -0.39 is 10.0 Å². The summed E-state index contributed by atoms with van der Waals surface area (Å²) in [5.41, 5.74) is 0.424. The van der Waals surface area contributed by atoms with Crippen molar-refractivity contribution < 1.29 is 17.7 Å². The van der Waals surface area contributed by atoms with E-state index >= 15 is 0 Å². The Morgan fingerprint density at radius 3 is 2.65 bits per heavy atom. The zero-order valence-corrected chi connectivity index (χ0v) is 18.4. The Morgan fingerprint density at radius 2 is 2.08 bits per heavy atom. The van der Waals surface area contributed by atoms with Gasteiger partial charge < -0.3 is 19.5 Å². The standard InChI is InChI=1S/C15H27N5O4S.HI/c1-3-16-15(17-6-12-23-4-2)19-7-9-20(10-8-19)25(21,22)13-14-5-11-24-18-14;/h5,11H,3-4,6-10,12-13H2,1-2H3,(H,16,17);1H. The van der Waals surface area contributed by atoms with Gasteiger partial charge in [-0.25, -0.2) is 8.42 Å². The minimum absolute atomic E-state index is 0. The van der Waals surface area contributed by atoms with Gasteiger partial charge in [0.2, 0.25) is 10.0 Å². The van der Waals surface area contributed by atoms with Crippen molar-refractivity contribution in [2.45, 2.75) is 19.6 Å². The highest BCUT2D eigenvalue weighted by Gasteiger charge is 2.28. The van der Waals surface area contributed by atoms with E-state index in [0.717, 1.165) is 12.5 Å². The molecular weight excluding hydrogens is 473 g/mol. The molecule has 1 fully saturated rings. The molecule has 1 aromatic rings. The van der Waals surface area contributed by atoms with Gasteiger partial charge in [-0.05, 0) is 13.8 Å². The maximum atomic E-state index is 12.5. The van der Waals surface area contributed by atoms with Crippen LogP contribution in [0.1, 0.15) is 19.5 Å². The van der Waals surface area contributed by atoms with Crippen LogP contribution < -0.4 is 5.32 Å². The Bertz CT molecular complexity index is 630. The zero-order chi connectivity index (χ0) is 18.1. The number of aliphatic imine (C=N–C) groups is 1. The van der Waals surface area contributed by atoms with Crippen LogP contribution in [0.2, 0.25) is 0 Å². The Labute approximate surface area is 172 Å². The SMILES string of the molecule is CCNC(=NCCOCC)N1CCN(S(=O)(=O)Cc2ccon2)CC1.I. The molecular formula is C15H28IN5O4S. The van der Waals surface area contributed by atoms with Crippen molar-refractivity contribution in [1.82, 2.24) is 19.7 Å². The molecule has 0 radical (unpaired) electrons. The number of guanidine groups is 1. The van der Waals surface area contributed by atoms with Crippen molar-refractivity contribution in [3.05, 3.63) is 18.0 Å². The minimum Gasteiger partial charge on any atom is -0.380 e. The van der Waals surface area contributed by atoms with Crippen LogP contribution in [0.4, 0.5) is 0 Å². The molecule has 0 atom stereocenters. The fourth-order valence-corrected chi connectivity index (χ4v) is 3.98. The molecule has 9 nitrogen and oxygen atoms in total. The number of sulfonamides is 1. The lowest BCUT2D eigenvalue weighted by Crippen LogP contribution is -2.54. The summed E-state index contributed by atoms with van der Waals surface area (Å²) in [6.45, 7) is 8.61. The van der Waals surface area contributed by atoms with Crippen molar-refractivity contribution in [2.24, 2.45) is 4.99 Å². The number of nitrogens with zero attached hydrogens (tertiary/aromatic N) is 4. The van der Waals surface area contributed by atoms with Crippen molar-refractivity contribution in [1.29, 1.82) is 0 Å². The van der Waals surface area contributed by atoms with Crippen LogP contribution in [0, 0.1) is 0 Å². The second-order valence-electron chi connectivity index (χ2n) is 5.57. The Balaban J connectivity index is 0.00000338. The molecule has 0 unspecified atom stereocenters. The third-order valence-electron chi connectivity index (χ3n) is 3.79. The van der Waals surface area contributed by atoms with Gasteiger partial charge in [0.15, 0.2) is 5.96 Å². The second kappa shape index (κ2) is 11.7. The van der Waals surface area contributed by atoms with Crippen LogP contribution >= 0.6 is 24.0 Å². The molecule has 150 valence electrons. The molecule has 0 aromatic carbocycles. The van der Waals surface area contributed by atoms with E-state index in [2.05, 4.69) is 20.4 Å². The van der Waals surface area contributed by atoms with E-state index in [9.17, 15) is 8.42 Å². The summed E-state index contributed by atoms with van der Waals surface area (Å²) in [7, 11) is -3.39. The summed E-state index contributed by atoms with van der Waals surface area (Å²) in [4.78, 5) is 6.62. The number of hydrogen-bond donors (Lipinski definition) is 1.